The summed E-state index contributed by atoms with van der Waals surface area (Å²) in [6, 6.07) is 0. The molecular formula is C4H10N4. The quantitative estimate of drug-likeness (QED) is 0.415. The number of amidine groups is 1. The van der Waals surface area contributed by atoms with Gasteiger partial charge in [-0.25, -0.2) is 5.84 Å². The summed E-state index contributed by atoms with van der Waals surface area (Å²) in [5, 5.41) is 5.45. The van der Waals surface area contributed by atoms with Crippen molar-refractivity contribution >= 4 is 5.84 Å². The summed E-state index contributed by atoms with van der Waals surface area (Å²) in [7, 11) is 0. The molecule has 0 spiro atoms. The second-order valence-electron chi connectivity index (χ2n) is 1.87. The molecule has 0 aromatic heterocycles. The maximum atomic E-state index is 5.46. The molecule has 1 aliphatic heterocycles. The zero-order valence-electron chi connectivity index (χ0n) is 5.05. The number of hydrogen-bond donors (Lipinski definition) is 2. The Morgan fingerprint density at radius 1 is 1.88 bits per heavy atom. The molecular weight excluding hydrogens is 104 g/mol. The molecule has 0 aromatic carbocycles. The van der Waals surface area contributed by atoms with Crippen molar-refractivity contribution in [3.8, 4) is 0 Å². The molecule has 0 saturated heterocycles. The minimum Gasteiger partial charge on any atom is -0.285 e. The van der Waals surface area contributed by atoms with Crippen molar-refractivity contribution in [3.63, 3.8) is 0 Å². The largest absolute Gasteiger partial charge is 0.285 e. The fraction of sp³-hybridized carbons (Fsp3) is 0.750. The summed E-state index contributed by atoms with van der Waals surface area (Å²) in [6.45, 7) is 3.80. The minimum absolute atomic E-state index is 0.148. The van der Waals surface area contributed by atoms with Gasteiger partial charge < -0.3 is 0 Å². The average molecular weight is 114 g/mol. The molecule has 1 unspecified atom stereocenters. The van der Waals surface area contributed by atoms with Gasteiger partial charge in [0.25, 0.3) is 0 Å². The predicted octanol–water partition coefficient (Wildman–Crippen LogP) is -0.555. The molecule has 1 atom stereocenters. The number of nitrogens with two attached hydrogens (primary N) is 1. The maximum Gasteiger partial charge on any atom is 0.137 e. The van der Waals surface area contributed by atoms with Crippen LogP contribution in [0.4, 0.5) is 0 Å². The van der Waals surface area contributed by atoms with E-state index in [1.54, 1.807) is 5.01 Å². The highest BCUT2D eigenvalue weighted by Gasteiger charge is 2.15. The van der Waals surface area contributed by atoms with Gasteiger partial charge in [-0.2, -0.15) is 5.10 Å². The van der Waals surface area contributed by atoms with Gasteiger partial charge in [-0.1, -0.05) is 0 Å². The SMILES string of the molecule is CC1=NNC(C)N1N. The molecule has 0 aromatic rings. The first-order valence-electron chi connectivity index (χ1n) is 2.55. The summed E-state index contributed by atoms with van der Waals surface area (Å²) in [4.78, 5) is 0. The highest BCUT2D eigenvalue weighted by molar-refractivity contribution is 5.80. The molecule has 0 amide bonds. The third-order valence-corrected chi connectivity index (χ3v) is 1.20. The van der Waals surface area contributed by atoms with Crippen LogP contribution in [0.5, 0.6) is 0 Å². The van der Waals surface area contributed by atoms with Gasteiger partial charge in [-0.3, -0.25) is 10.4 Å². The Kier molecular flexibility index (Phi) is 1.09. The number of nitrogens with one attached hydrogen (secondary N) is 1. The Labute approximate surface area is 48.3 Å². The van der Waals surface area contributed by atoms with E-state index < -0.39 is 0 Å². The minimum atomic E-state index is 0.148. The van der Waals surface area contributed by atoms with Crippen LogP contribution in [0.15, 0.2) is 5.10 Å². The Morgan fingerprint density at radius 2 is 2.50 bits per heavy atom. The van der Waals surface area contributed by atoms with Crippen LogP contribution < -0.4 is 11.3 Å². The molecule has 46 valence electrons. The van der Waals surface area contributed by atoms with E-state index in [-0.39, 0.29) is 6.17 Å². The standard InChI is InChI=1S/C4H10N4/c1-3-6-7-4(2)8(3)5/h3,6H,5H2,1-2H3. The third-order valence-electron chi connectivity index (χ3n) is 1.20. The van der Waals surface area contributed by atoms with Crippen molar-refractivity contribution in [2.45, 2.75) is 20.0 Å². The van der Waals surface area contributed by atoms with Crippen LogP contribution in [0.25, 0.3) is 0 Å². The van der Waals surface area contributed by atoms with Gasteiger partial charge in [0, 0.05) is 0 Å². The lowest BCUT2D eigenvalue weighted by atomic mass is 10.5. The third kappa shape index (κ3) is 0.626. The molecule has 3 N–H and O–H groups in total. The number of nitrogens with zero attached hydrogens (tertiary/aromatic N) is 2. The summed E-state index contributed by atoms with van der Waals surface area (Å²) < 4.78 is 0. The maximum absolute atomic E-state index is 5.46. The van der Waals surface area contributed by atoms with E-state index in [0.717, 1.165) is 5.84 Å². The highest BCUT2D eigenvalue weighted by Crippen LogP contribution is 1.96. The first-order chi connectivity index (χ1) is 3.72. The normalized spacial score (nSPS) is 27.6. The van der Waals surface area contributed by atoms with E-state index in [0.29, 0.717) is 0 Å². The smallest absolute Gasteiger partial charge is 0.137 e. The first-order valence-corrected chi connectivity index (χ1v) is 2.55. The molecule has 4 nitrogen and oxygen atoms in total. The molecule has 0 radical (unpaired) electrons. The monoisotopic (exact) mass is 114 g/mol. The summed E-state index contributed by atoms with van der Waals surface area (Å²) in [5.41, 5.74) is 2.81. The second kappa shape index (κ2) is 1.63. The molecule has 4 heteroatoms. The van der Waals surface area contributed by atoms with E-state index in [2.05, 4.69) is 10.5 Å². The summed E-state index contributed by atoms with van der Waals surface area (Å²) >= 11 is 0. The highest BCUT2D eigenvalue weighted by atomic mass is 15.6. The van der Waals surface area contributed by atoms with Gasteiger partial charge in [-0.15, -0.1) is 0 Å². The number of hydrogen-bond acceptors (Lipinski definition) is 4. The molecule has 1 aliphatic rings. The molecule has 0 aliphatic carbocycles. The van der Waals surface area contributed by atoms with Gasteiger partial charge in [0.1, 0.15) is 12.0 Å². The van der Waals surface area contributed by atoms with E-state index in [4.69, 9.17) is 5.84 Å². The van der Waals surface area contributed by atoms with Crippen molar-refractivity contribution in [1.82, 2.24) is 10.4 Å². The zero-order valence-corrected chi connectivity index (χ0v) is 5.05. The topological polar surface area (TPSA) is 53.7 Å². The molecule has 1 rings (SSSR count). The summed E-state index contributed by atoms with van der Waals surface area (Å²) in [6.07, 6.45) is 0.148. The Bertz CT molecular complexity index is 119. The predicted molar refractivity (Wildman–Crippen MR) is 31.7 cm³/mol. The van der Waals surface area contributed by atoms with Crippen LogP contribution in [-0.4, -0.2) is 17.0 Å². The molecule has 0 fully saturated rings. The number of hydrazine groups is 1. The molecule has 1 heterocycles. The van der Waals surface area contributed by atoms with Gasteiger partial charge in [0.2, 0.25) is 0 Å². The van der Waals surface area contributed by atoms with E-state index in [1.807, 2.05) is 13.8 Å². The van der Waals surface area contributed by atoms with Crippen molar-refractivity contribution in [1.29, 1.82) is 0 Å². The van der Waals surface area contributed by atoms with Gasteiger partial charge in [0.15, 0.2) is 0 Å². The number of rotatable bonds is 0. The van der Waals surface area contributed by atoms with Crippen LogP contribution in [-0.2, 0) is 0 Å². The Morgan fingerprint density at radius 3 is 2.62 bits per heavy atom. The molecule has 0 bridgehead atoms. The van der Waals surface area contributed by atoms with Crippen LogP contribution in [0.2, 0.25) is 0 Å². The average Bonchev–Trinajstić information content (AvgIpc) is 1.98. The lowest BCUT2D eigenvalue weighted by Gasteiger charge is -2.14. The van der Waals surface area contributed by atoms with Gasteiger partial charge in [0.05, 0.1) is 0 Å². The molecule has 8 heavy (non-hydrogen) atoms. The van der Waals surface area contributed by atoms with Crippen molar-refractivity contribution in [2.24, 2.45) is 10.9 Å². The van der Waals surface area contributed by atoms with Crippen molar-refractivity contribution in [3.05, 3.63) is 0 Å². The Hall–Kier alpha value is -0.770. The van der Waals surface area contributed by atoms with Crippen LogP contribution in [0.1, 0.15) is 13.8 Å². The fourth-order valence-corrected chi connectivity index (χ4v) is 0.587. The van der Waals surface area contributed by atoms with E-state index in [9.17, 15) is 0 Å². The van der Waals surface area contributed by atoms with Crippen LogP contribution >= 0.6 is 0 Å². The fourth-order valence-electron chi connectivity index (χ4n) is 0.587. The lowest BCUT2D eigenvalue weighted by Crippen LogP contribution is -2.42. The number of hydrazone groups is 1. The Balaban J connectivity index is 2.59. The molecule has 0 saturated carbocycles. The summed E-state index contributed by atoms with van der Waals surface area (Å²) in [5.74, 6) is 6.29. The second-order valence-corrected chi connectivity index (χ2v) is 1.87. The van der Waals surface area contributed by atoms with Gasteiger partial charge >= 0.3 is 0 Å². The van der Waals surface area contributed by atoms with E-state index >= 15 is 0 Å². The zero-order chi connectivity index (χ0) is 6.15. The van der Waals surface area contributed by atoms with E-state index in [1.165, 1.54) is 0 Å². The van der Waals surface area contributed by atoms with Crippen LogP contribution in [0, 0.1) is 0 Å². The van der Waals surface area contributed by atoms with Crippen LogP contribution in [0.3, 0.4) is 0 Å². The van der Waals surface area contributed by atoms with Crippen molar-refractivity contribution < 1.29 is 0 Å². The lowest BCUT2D eigenvalue weighted by molar-refractivity contribution is 0.331. The van der Waals surface area contributed by atoms with Gasteiger partial charge in [-0.05, 0) is 13.8 Å². The first kappa shape index (κ1) is 5.37. The van der Waals surface area contributed by atoms with Crippen molar-refractivity contribution in [2.75, 3.05) is 0 Å².